The van der Waals surface area contributed by atoms with Gasteiger partial charge in [-0.05, 0) is 41.9 Å². The number of carbonyl (C=O) groups excluding carboxylic acids is 2. The number of benzene rings is 2. The van der Waals surface area contributed by atoms with Gasteiger partial charge in [-0.3, -0.25) is 9.59 Å². The van der Waals surface area contributed by atoms with E-state index in [0.717, 1.165) is 0 Å². The molecule has 90 valence electrons. The number of hydrogen-bond acceptors (Lipinski definition) is 2. The molecule has 0 saturated carbocycles. The number of halogens is 2. The lowest BCUT2D eigenvalue weighted by atomic mass is 9.99. The van der Waals surface area contributed by atoms with Gasteiger partial charge in [0.05, 0.1) is 0 Å². The Bertz CT molecular complexity index is 605. The van der Waals surface area contributed by atoms with Crippen LogP contribution in [0.1, 0.15) is 26.3 Å². The van der Waals surface area contributed by atoms with Crippen LogP contribution in [0.2, 0.25) is 0 Å². The quantitative estimate of drug-likeness (QED) is 0.627. The summed E-state index contributed by atoms with van der Waals surface area (Å²) in [5.41, 5.74) is 0.666. The lowest BCUT2D eigenvalue weighted by molar-refractivity contribution is 0.102. The first-order valence-corrected chi connectivity index (χ1v) is 5.56. The lowest BCUT2D eigenvalue weighted by Gasteiger charge is -2.05. The molecule has 2 aromatic carbocycles. The van der Waals surface area contributed by atoms with Gasteiger partial charge in [0.2, 0.25) is 0 Å². The van der Waals surface area contributed by atoms with Gasteiger partial charge in [-0.25, -0.2) is 4.39 Å². The molecular formula is C14H8ClFO2. The topological polar surface area (TPSA) is 34.1 Å². The van der Waals surface area contributed by atoms with Gasteiger partial charge in [-0.15, -0.1) is 0 Å². The highest BCUT2D eigenvalue weighted by Crippen LogP contribution is 2.16. The minimum Gasteiger partial charge on any atom is -0.289 e. The zero-order valence-electron chi connectivity index (χ0n) is 9.19. The van der Waals surface area contributed by atoms with E-state index in [1.165, 1.54) is 36.4 Å². The van der Waals surface area contributed by atoms with Crippen molar-refractivity contribution in [2.24, 2.45) is 0 Å². The van der Waals surface area contributed by atoms with Crippen molar-refractivity contribution < 1.29 is 14.0 Å². The highest BCUT2D eigenvalue weighted by atomic mass is 35.5. The van der Waals surface area contributed by atoms with Crippen LogP contribution >= 0.6 is 11.6 Å². The zero-order valence-corrected chi connectivity index (χ0v) is 9.95. The van der Waals surface area contributed by atoms with Crippen LogP contribution in [-0.2, 0) is 0 Å². The summed E-state index contributed by atoms with van der Waals surface area (Å²) in [5, 5.41) is -0.693. The normalized spacial score (nSPS) is 10.1. The Morgan fingerprint density at radius 2 is 1.44 bits per heavy atom. The molecule has 0 aliphatic carbocycles. The first-order chi connectivity index (χ1) is 8.59. The third kappa shape index (κ3) is 2.46. The summed E-state index contributed by atoms with van der Waals surface area (Å²) >= 11 is 5.41. The molecule has 0 aliphatic heterocycles. The van der Waals surface area contributed by atoms with Gasteiger partial charge >= 0.3 is 0 Å². The van der Waals surface area contributed by atoms with Crippen molar-refractivity contribution >= 4 is 22.6 Å². The Kier molecular flexibility index (Phi) is 3.53. The third-order valence-corrected chi connectivity index (χ3v) is 2.69. The third-order valence-electron chi connectivity index (χ3n) is 2.49. The largest absolute Gasteiger partial charge is 0.289 e. The van der Waals surface area contributed by atoms with Gasteiger partial charge in [0.1, 0.15) is 5.82 Å². The Balaban J connectivity index is 2.46. The zero-order chi connectivity index (χ0) is 13.1. The van der Waals surface area contributed by atoms with Crippen molar-refractivity contribution in [3.8, 4) is 0 Å². The molecule has 0 fully saturated rings. The summed E-state index contributed by atoms with van der Waals surface area (Å²) in [6.07, 6.45) is 0. The molecule has 0 atom stereocenters. The average molecular weight is 263 g/mol. The molecule has 0 unspecified atom stereocenters. The van der Waals surface area contributed by atoms with E-state index in [0.29, 0.717) is 5.56 Å². The first kappa shape index (κ1) is 12.5. The van der Waals surface area contributed by atoms with Crippen LogP contribution in [0.4, 0.5) is 4.39 Å². The molecule has 2 rings (SSSR count). The Labute approximate surface area is 108 Å². The fourth-order valence-electron chi connectivity index (χ4n) is 1.61. The smallest absolute Gasteiger partial charge is 0.253 e. The molecule has 2 aromatic rings. The van der Waals surface area contributed by atoms with E-state index in [4.69, 9.17) is 11.6 Å². The van der Waals surface area contributed by atoms with Gasteiger partial charge < -0.3 is 0 Å². The van der Waals surface area contributed by atoms with Crippen LogP contribution in [0.5, 0.6) is 0 Å². The predicted octanol–water partition coefficient (Wildman–Crippen LogP) is 3.44. The molecule has 0 amide bonds. The van der Waals surface area contributed by atoms with E-state index < -0.39 is 11.1 Å². The molecule has 2 nitrogen and oxygen atoms in total. The first-order valence-electron chi connectivity index (χ1n) is 5.18. The van der Waals surface area contributed by atoms with E-state index >= 15 is 0 Å². The van der Waals surface area contributed by atoms with Crippen molar-refractivity contribution in [2.75, 3.05) is 0 Å². The van der Waals surface area contributed by atoms with Crippen LogP contribution in [0.15, 0.2) is 48.5 Å². The van der Waals surface area contributed by atoms with Crippen molar-refractivity contribution in [1.29, 1.82) is 0 Å². The molecule has 18 heavy (non-hydrogen) atoms. The predicted molar refractivity (Wildman–Crippen MR) is 66.5 cm³/mol. The van der Waals surface area contributed by atoms with E-state index in [1.54, 1.807) is 12.1 Å². The van der Waals surface area contributed by atoms with Gasteiger partial charge in [0, 0.05) is 16.7 Å². The molecule has 0 radical (unpaired) electrons. The Morgan fingerprint density at radius 3 is 2.00 bits per heavy atom. The molecule has 4 heteroatoms. The molecule has 0 bridgehead atoms. The summed E-state index contributed by atoms with van der Waals surface area (Å²) in [7, 11) is 0. The summed E-state index contributed by atoms with van der Waals surface area (Å²) in [4.78, 5) is 23.4. The van der Waals surface area contributed by atoms with Crippen LogP contribution in [-0.4, -0.2) is 11.0 Å². The highest BCUT2D eigenvalue weighted by molar-refractivity contribution is 6.68. The summed E-state index contributed by atoms with van der Waals surface area (Å²) in [6.45, 7) is 0. The molecule has 0 spiro atoms. The second kappa shape index (κ2) is 5.10. The minimum absolute atomic E-state index is 0.147. The van der Waals surface area contributed by atoms with Crippen molar-refractivity contribution in [3.05, 3.63) is 71.0 Å². The number of carbonyl (C=O) groups is 2. The fourth-order valence-corrected chi connectivity index (χ4v) is 1.77. The SMILES string of the molecule is O=C(Cl)c1ccccc1C(=O)c1ccc(F)cc1. The van der Waals surface area contributed by atoms with E-state index in [1.807, 2.05) is 0 Å². The molecule has 0 aliphatic rings. The molecule has 0 aromatic heterocycles. The maximum absolute atomic E-state index is 12.8. The maximum Gasteiger partial charge on any atom is 0.253 e. The monoisotopic (exact) mass is 262 g/mol. The molecular weight excluding hydrogens is 255 g/mol. The Morgan fingerprint density at radius 1 is 0.889 bits per heavy atom. The van der Waals surface area contributed by atoms with Crippen molar-refractivity contribution in [2.45, 2.75) is 0 Å². The standard InChI is InChI=1S/C14H8ClFO2/c15-14(18)12-4-2-1-3-11(12)13(17)9-5-7-10(16)8-6-9/h1-8H. The summed E-state index contributed by atoms with van der Waals surface area (Å²) in [6, 6.07) is 11.4. The van der Waals surface area contributed by atoms with Crippen LogP contribution in [0.3, 0.4) is 0 Å². The highest BCUT2D eigenvalue weighted by Gasteiger charge is 2.16. The molecule has 0 heterocycles. The van der Waals surface area contributed by atoms with Crippen LogP contribution in [0, 0.1) is 5.82 Å². The number of hydrogen-bond donors (Lipinski definition) is 0. The number of ketones is 1. The average Bonchev–Trinajstić information content (AvgIpc) is 2.39. The van der Waals surface area contributed by atoms with Crippen molar-refractivity contribution in [1.82, 2.24) is 0 Å². The van der Waals surface area contributed by atoms with Gasteiger partial charge in [-0.2, -0.15) is 0 Å². The van der Waals surface area contributed by atoms with Gasteiger partial charge in [0.15, 0.2) is 5.78 Å². The Hall–Kier alpha value is -2.00. The van der Waals surface area contributed by atoms with E-state index in [-0.39, 0.29) is 16.9 Å². The van der Waals surface area contributed by atoms with E-state index in [9.17, 15) is 14.0 Å². The second-order valence-corrected chi connectivity index (χ2v) is 4.00. The summed E-state index contributed by atoms with van der Waals surface area (Å²) < 4.78 is 12.8. The van der Waals surface area contributed by atoms with Gasteiger partial charge in [0.25, 0.3) is 5.24 Å². The maximum atomic E-state index is 12.8. The minimum atomic E-state index is -0.693. The fraction of sp³-hybridized carbons (Fsp3) is 0. The van der Waals surface area contributed by atoms with Crippen molar-refractivity contribution in [3.63, 3.8) is 0 Å². The number of rotatable bonds is 3. The second-order valence-electron chi connectivity index (χ2n) is 3.66. The lowest BCUT2D eigenvalue weighted by Crippen LogP contribution is -2.07. The summed E-state index contributed by atoms with van der Waals surface area (Å²) in [5.74, 6) is -0.784. The molecule has 0 N–H and O–H groups in total. The van der Waals surface area contributed by atoms with Crippen LogP contribution in [0.25, 0.3) is 0 Å². The van der Waals surface area contributed by atoms with Crippen LogP contribution < -0.4 is 0 Å². The molecule has 0 saturated heterocycles. The van der Waals surface area contributed by atoms with Gasteiger partial charge in [-0.1, -0.05) is 18.2 Å². The van der Waals surface area contributed by atoms with E-state index in [2.05, 4.69) is 0 Å².